The number of hydrogen-bond donors (Lipinski definition) is 3. The quantitative estimate of drug-likeness (QED) is 0.506. The summed E-state index contributed by atoms with van der Waals surface area (Å²) >= 11 is 0. The number of nitrogens with one attached hydrogen (secondary N) is 1. The van der Waals surface area contributed by atoms with Crippen LogP contribution in [0, 0.1) is 5.41 Å². The Kier molecular flexibility index (Phi) is 7.96. The molecule has 15 heavy (non-hydrogen) atoms. The Morgan fingerprint density at radius 1 is 1.13 bits per heavy atom. The molecule has 0 aromatic carbocycles. The Morgan fingerprint density at radius 3 is 2.07 bits per heavy atom. The van der Waals surface area contributed by atoms with Gasteiger partial charge in [-0.3, -0.25) is 4.90 Å². The monoisotopic (exact) mass is 218 g/mol. The molecule has 0 rings (SSSR count). The van der Waals surface area contributed by atoms with Gasteiger partial charge in [-0.25, -0.2) is 0 Å². The summed E-state index contributed by atoms with van der Waals surface area (Å²) in [5.41, 5.74) is 0.167. The fraction of sp³-hybridized carbons (Fsp3) is 1.00. The van der Waals surface area contributed by atoms with Gasteiger partial charge in [0.25, 0.3) is 0 Å². The van der Waals surface area contributed by atoms with Crippen LogP contribution in [0.4, 0.5) is 0 Å². The second-order valence-electron chi connectivity index (χ2n) is 4.67. The van der Waals surface area contributed by atoms with Gasteiger partial charge in [0.05, 0.1) is 13.2 Å². The van der Waals surface area contributed by atoms with E-state index < -0.39 is 0 Å². The molecule has 0 spiro atoms. The first-order valence-corrected chi connectivity index (χ1v) is 5.70. The average molecular weight is 218 g/mol. The lowest BCUT2D eigenvalue weighted by molar-refractivity contribution is 0.119. The van der Waals surface area contributed by atoms with Gasteiger partial charge in [-0.1, -0.05) is 20.8 Å². The van der Waals surface area contributed by atoms with Crippen molar-refractivity contribution in [1.29, 1.82) is 0 Å². The second kappa shape index (κ2) is 8.05. The van der Waals surface area contributed by atoms with Crippen LogP contribution in [0.5, 0.6) is 0 Å². The van der Waals surface area contributed by atoms with E-state index >= 15 is 0 Å². The van der Waals surface area contributed by atoms with E-state index in [1.54, 1.807) is 0 Å². The Bertz CT molecular complexity index is 146. The van der Waals surface area contributed by atoms with E-state index in [1.165, 1.54) is 0 Å². The molecule has 0 aromatic rings. The molecule has 0 aliphatic heterocycles. The third-order valence-electron chi connectivity index (χ3n) is 2.34. The third kappa shape index (κ3) is 7.73. The smallest absolute Gasteiger partial charge is 0.0558 e. The summed E-state index contributed by atoms with van der Waals surface area (Å²) in [6, 6.07) is 0. The molecule has 92 valence electrons. The third-order valence-corrected chi connectivity index (χ3v) is 2.34. The zero-order valence-electron chi connectivity index (χ0n) is 10.3. The summed E-state index contributed by atoms with van der Waals surface area (Å²) in [7, 11) is 0. The maximum Gasteiger partial charge on any atom is 0.0558 e. The van der Waals surface area contributed by atoms with E-state index in [1.807, 2.05) is 0 Å². The van der Waals surface area contributed by atoms with Crippen LogP contribution in [0.15, 0.2) is 0 Å². The van der Waals surface area contributed by atoms with E-state index in [0.29, 0.717) is 13.1 Å². The van der Waals surface area contributed by atoms with Crippen molar-refractivity contribution in [2.75, 3.05) is 45.9 Å². The van der Waals surface area contributed by atoms with Gasteiger partial charge in [-0.05, 0) is 12.0 Å². The van der Waals surface area contributed by atoms with E-state index in [4.69, 9.17) is 10.2 Å². The molecule has 0 radical (unpaired) electrons. The molecule has 0 amide bonds. The van der Waals surface area contributed by atoms with Gasteiger partial charge in [0.2, 0.25) is 0 Å². The van der Waals surface area contributed by atoms with Gasteiger partial charge >= 0.3 is 0 Å². The van der Waals surface area contributed by atoms with Crippen LogP contribution < -0.4 is 5.32 Å². The van der Waals surface area contributed by atoms with Crippen molar-refractivity contribution < 1.29 is 10.2 Å². The SMILES string of the molecule is CCNCC(C)(C)CN(CCO)CCO. The zero-order chi connectivity index (χ0) is 11.7. The fourth-order valence-corrected chi connectivity index (χ4v) is 1.68. The van der Waals surface area contributed by atoms with Crippen molar-refractivity contribution in [3.05, 3.63) is 0 Å². The largest absolute Gasteiger partial charge is 0.395 e. The van der Waals surface area contributed by atoms with Crippen LogP contribution >= 0.6 is 0 Å². The van der Waals surface area contributed by atoms with E-state index in [0.717, 1.165) is 19.6 Å². The van der Waals surface area contributed by atoms with E-state index in [2.05, 4.69) is 31.0 Å². The summed E-state index contributed by atoms with van der Waals surface area (Å²) in [5.74, 6) is 0. The molecule has 0 aliphatic rings. The van der Waals surface area contributed by atoms with Gasteiger partial charge in [-0.15, -0.1) is 0 Å². The normalized spacial score (nSPS) is 12.4. The minimum atomic E-state index is 0.150. The first-order chi connectivity index (χ1) is 7.05. The highest BCUT2D eigenvalue weighted by Crippen LogP contribution is 2.15. The number of nitrogens with zero attached hydrogens (tertiary/aromatic N) is 1. The minimum absolute atomic E-state index is 0.150. The summed E-state index contributed by atoms with van der Waals surface area (Å²) in [4.78, 5) is 2.09. The average Bonchev–Trinajstić information content (AvgIpc) is 2.15. The molecular formula is C11H26N2O2. The van der Waals surface area contributed by atoms with E-state index in [9.17, 15) is 0 Å². The van der Waals surface area contributed by atoms with Crippen LogP contribution in [0.25, 0.3) is 0 Å². The lowest BCUT2D eigenvalue weighted by Gasteiger charge is -2.32. The van der Waals surface area contributed by atoms with Gasteiger partial charge in [-0.2, -0.15) is 0 Å². The molecule has 0 atom stereocenters. The molecule has 0 saturated heterocycles. The summed E-state index contributed by atoms with van der Waals surface area (Å²) in [5, 5.41) is 21.1. The van der Waals surface area contributed by atoms with Gasteiger partial charge < -0.3 is 15.5 Å². The Hall–Kier alpha value is -0.160. The topological polar surface area (TPSA) is 55.7 Å². The van der Waals surface area contributed by atoms with Crippen molar-refractivity contribution in [1.82, 2.24) is 10.2 Å². The number of hydrogen-bond acceptors (Lipinski definition) is 4. The highest BCUT2D eigenvalue weighted by Gasteiger charge is 2.20. The molecule has 4 heteroatoms. The molecule has 0 fully saturated rings. The molecule has 0 bridgehead atoms. The van der Waals surface area contributed by atoms with Crippen LogP contribution in [-0.2, 0) is 0 Å². The van der Waals surface area contributed by atoms with Gasteiger partial charge in [0, 0.05) is 26.2 Å². The summed E-state index contributed by atoms with van der Waals surface area (Å²) < 4.78 is 0. The molecule has 0 saturated carbocycles. The molecular weight excluding hydrogens is 192 g/mol. The number of rotatable bonds is 9. The molecule has 0 heterocycles. The van der Waals surface area contributed by atoms with Crippen molar-refractivity contribution in [3.8, 4) is 0 Å². The van der Waals surface area contributed by atoms with Crippen molar-refractivity contribution in [2.24, 2.45) is 5.41 Å². The highest BCUT2D eigenvalue weighted by atomic mass is 16.3. The van der Waals surface area contributed by atoms with Crippen molar-refractivity contribution in [3.63, 3.8) is 0 Å². The standard InChI is InChI=1S/C11H26N2O2/c1-4-12-9-11(2,3)10-13(5-7-14)6-8-15/h12,14-15H,4-10H2,1-3H3. The van der Waals surface area contributed by atoms with Crippen LogP contribution in [-0.4, -0.2) is 61.1 Å². The van der Waals surface area contributed by atoms with Gasteiger partial charge in [0.1, 0.15) is 0 Å². The van der Waals surface area contributed by atoms with Crippen LogP contribution in [0.2, 0.25) is 0 Å². The van der Waals surface area contributed by atoms with Crippen LogP contribution in [0.3, 0.4) is 0 Å². The maximum absolute atomic E-state index is 8.90. The van der Waals surface area contributed by atoms with Crippen molar-refractivity contribution >= 4 is 0 Å². The first-order valence-electron chi connectivity index (χ1n) is 5.70. The Labute approximate surface area is 93.3 Å². The zero-order valence-corrected chi connectivity index (χ0v) is 10.3. The molecule has 4 nitrogen and oxygen atoms in total. The minimum Gasteiger partial charge on any atom is -0.395 e. The predicted molar refractivity (Wildman–Crippen MR) is 62.9 cm³/mol. The summed E-state index contributed by atoms with van der Waals surface area (Å²) in [6.07, 6.45) is 0. The fourth-order valence-electron chi connectivity index (χ4n) is 1.68. The molecule has 0 unspecified atom stereocenters. The van der Waals surface area contributed by atoms with E-state index in [-0.39, 0.29) is 18.6 Å². The molecule has 0 aromatic heterocycles. The summed E-state index contributed by atoms with van der Waals surface area (Å²) in [6.45, 7) is 10.9. The Balaban J connectivity index is 3.99. The van der Waals surface area contributed by atoms with Gasteiger partial charge in [0.15, 0.2) is 0 Å². The maximum atomic E-state index is 8.90. The lowest BCUT2D eigenvalue weighted by atomic mass is 9.92. The highest BCUT2D eigenvalue weighted by molar-refractivity contribution is 4.76. The van der Waals surface area contributed by atoms with Crippen LogP contribution in [0.1, 0.15) is 20.8 Å². The number of aliphatic hydroxyl groups is 2. The number of aliphatic hydroxyl groups excluding tert-OH is 2. The molecule has 0 aliphatic carbocycles. The molecule has 3 N–H and O–H groups in total. The Morgan fingerprint density at radius 2 is 1.67 bits per heavy atom. The first kappa shape index (κ1) is 14.8. The van der Waals surface area contributed by atoms with Crippen molar-refractivity contribution in [2.45, 2.75) is 20.8 Å². The lowest BCUT2D eigenvalue weighted by Crippen LogP contribution is -2.42. The predicted octanol–water partition coefficient (Wildman–Crippen LogP) is -0.0913. The second-order valence-corrected chi connectivity index (χ2v) is 4.67.